The molecule has 2 rings (SSSR count). The molecule has 0 saturated carbocycles. The van der Waals surface area contributed by atoms with Crippen LogP contribution in [0.2, 0.25) is 0 Å². The first kappa shape index (κ1) is 14.4. The van der Waals surface area contributed by atoms with Crippen molar-refractivity contribution < 1.29 is 4.39 Å². The second-order valence-electron chi connectivity index (χ2n) is 5.86. The maximum absolute atomic E-state index is 13.8. The van der Waals surface area contributed by atoms with E-state index in [1.807, 2.05) is 12.1 Å². The minimum atomic E-state index is -0.153. The number of likely N-dealkylation sites (tertiary alicyclic amines) is 1. The zero-order valence-corrected chi connectivity index (χ0v) is 11.8. The first-order chi connectivity index (χ1) is 9.05. The van der Waals surface area contributed by atoms with Gasteiger partial charge < -0.3 is 0 Å². The Morgan fingerprint density at radius 1 is 1.32 bits per heavy atom. The summed E-state index contributed by atoms with van der Waals surface area (Å²) >= 11 is 0. The quantitative estimate of drug-likeness (QED) is 0.632. The first-order valence-corrected chi connectivity index (χ1v) is 7.00. The first-order valence-electron chi connectivity index (χ1n) is 7.00. The van der Waals surface area contributed by atoms with Crippen LogP contribution in [-0.2, 0) is 6.42 Å². The van der Waals surface area contributed by atoms with Crippen molar-refractivity contribution in [2.24, 2.45) is 5.84 Å². The van der Waals surface area contributed by atoms with Crippen LogP contribution in [-0.4, -0.2) is 29.6 Å². The van der Waals surface area contributed by atoms with Gasteiger partial charge in [0.05, 0.1) is 0 Å². The maximum Gasteiger partial charge on any atom is 0.126 e. The van der Waals surface area contributed by atoms with Crippen LogP contribution < -0.4 is 11.3 Å². The molecule has 0 bridgehead atoms. The highest BCUT2D eigenvalue weighted by Gasteiger charge is 2.36. The normalized spacial score (nSPS) is 18.7. The summed E-state index contributed by atoms with van der Waals surface area (Å²) in [6, 6.07) is 6.96. The summed E-state index contributed by atoms with van der Waals surface area (Å²) < 4.78 is 13.8. The fourth-order valence-corrected chi connectivity index (χ4v) is 2.91. The molecule has 0 spiro atoms. The van der Waals surface area contributed by atoms with Crippen LogP contribution in [0.1, 0.15) is 32.3 Å². The molecule has 1 aliphatic rings. The smallest absolute Gasteiger partial charge is 0.126 e. The summed E-state index contributed by atoms with van der Waals surface area (Å²) in [4.78, 5) is 2.44. The second-order valence-corrected chi connectivity index (χ2v) is 5.86. The van der Waals surface area contributed by atoms with Gasteiger partial charge in [-0.1, -0.05) is 18.2 Å². The number of benzene rings is 1. The predicted octanol–water partition coefficient (Wildman–Crippen LogP) is 2.07. The molecule has 0 radical (unpaired) electrons. The van der Waals surface area contributed by atoms with Gasteiger partial charge in [-0.05, 0) is 57.8 Å². The maximum atomic E-state index is 13.8. The molecule has 0 aromatic heterocycles. The zero-order chi connectivity index (χ0) is 13.9. The Balaban J connectivity index is 2.13. The topological polar surface area (TPSA) is 41.3 Å². The Morgan fingerprint density at radius 3 is 2.53 bits per heavy atom. The molecular weight excluding hydrogens is 241 g/mol. The summed E-state index contributed by atoms with van der Waals surface area (Å²) in [5.41, 5.74) is 3.53. The van der Waals surface area contributed by atoms with Gasteiger partial charge in [-0.25, -0.2) is 4.39 Å². The van der Waals surface area contributed by atoms with Crippen molar-refractivity contribution in [3.8, 4) is 0 Å². The van der Waals surface area contributed by atoms with E-state index in [9.17, 15) is 4.39 Å². The van der Waals surface area contributed by atoms with Crippen molar-refractivity contribution in [3.63, 3.8) is 0 Å². The van der Waals surface area contributed by atoms with Crippen molar-refractivity contribution in [2.45, 2.75) is 44.7 Å². The molecule has 1 aliphatic heterocycles. The summed E-state index contributed by atoms with van der Waals surface area (Å²) in [6.07, 6.45) is 3.08. The molecule has 0 aliphatic carbocycles. The molecule has 3 nitrogen and oxygen atoms in total. The molecule has 19 heavy (non-hydrogen) atoms. The third-order valence-corrected chi connectivity index (χ3v) is 4.36. The lowest BCUT2D eigenvalue weighted by molar-refractivity contribution is 0.106. The average molecular weight is 265 g/mol. The van der Waals surface area contributed by atoms with Crippen LogP contribution in [0.5, 0.6) is 0 Å². The van der Waals surface area contributed by atoms with Crippen LogP contribution in [0.15, 0.2) is 24.3 Å². The summed E-state index contributed by atoms with van der Waals surface area (Å²) in [5, 5.41) is 0. The molecule has 1 unspecified atom stereocenters. The standard InChI is InChI=1S/C15H24FN3/c1-15(2,19-9-5-6-10-19)14(18-17)11-12-7-3-4-8-13(12)16/h3-4,7-8,14,18H,5-6,9-11,17H2,1-2H3. The molecule has 1 aromatic carbocycles. The number of halogens is 1. The van der Waals surface area contributed by atoms with E-state index in [0.717, 1.165) is 18.7 Å². The average Bonchev–Trinajstić information content (AvgIpc) is 2.92. The van der Waals surface area contributed by atoms with E-state index >= 15 is 0 Å². The number of nitrogens with zero attached hydrogens (tertiary/aromatic N) is 1. The van der Waals surface area contributed by atoms with Gasteiger partial charge in [0.15, 0.2) is 0 Å². The Bertz CT molecular complexity index is 414. The van der Waals surface area contributed by atoms with Crippen LogP contribution >= 0.6 is 0 Å². The lowest BCUT2D eigenvalue weighted by Gasteiger charge is -2.42. The minimum absolute atomic E-state index is 0.0301. The summed E-state index contributed by atoms with van der Waals surface area (Å²) in [5.74, 6) is 5.57. The highest BCUT2D eigenvalue weighted by molar-refractivity contribution is 5.19. The van der Waals surface area contributed by atoms with Gasteiger partial charge in [0, 0.05) is 11.6 Å². The molecule has 1 aromatic rings. The third-order valence-electron chi connectivity index (χ3n) is 4.36. The predicted molar refractivity (Wildman–Crippen MR) is 76.1 cm³/mol. The monoisotopic (exact) mass is 265 g/mol. The number of nitrogens with one attached hydrogen (secondary N) is 1. The van der Waals surface area contributed by atoms with E-state index in [0.29, 0.717) is 6.42 Å². The Hall–Kier alpha value is -0.970. The van der Waals surface area contributed by atoms with Crippen molar-refractivity contribution in [2.75, 3.05) is 13.1 Å². The number of nitrogens with two attached hydrogens (primary N) is 1. The Labute approximate surface area is 114 Å². The highest BCUT2D eigenvalue weighted by atomic mass is 19.1. The lowest BCUT2D eigenvalue weighted by Crippen LogP contribution is -2.59. The molecule has 106 valence electrons. The number of hydrogen-bond acceptors (Lipinski definition) is 3. The summed E-state index contributed by atoms with van der Waals surface area (Å²) in [6.45, 7) is 6.57. The Kier molecular flexibility index (Phi) is 4.55. The van der Waals surface area contributed by atoms with E-state index in [4.69, 9.17) is 5.84 Å². The SMILES string of the molecule is CC(C)(C(Cc1ccccc1F)NN)N1CCCC1. The van der Waals surface area contributed by atoms with Crippen molar-refractivity contribution in [1.29, 1.82) is 0 Å². The minimum Gasteiger partial charge on any atom is -0.297 e. The van der Waals surface area contributed by atoms with Crippen LogP contribution in [0, 0.1) is 5.82 Å². The van der Waals surface area contributed by atoms with Crippen molar-refractivity contribution >= 4 is 0 Å². The number of hydrogen-bond donors (Lipinski definition) is 2. The molecular formula is C15H24FN3. The van der Waals surface area contributed by atoms with Gasteiger partial charge in [-0.15, -0.1) is 0 Å². The van der Waals surface area contributed by atoms with Crippen molar-refractivity contribution in [1.82, 2.24) is 10.3 Å². The van der Waals surface area contributed by atoms with Gasteiger partial charge in [0.25, 0.3) is 0 Å². The molecule has 1 heterocycles. The van der Waals surface area contributed by atoms with E-state index in [2.05, 4.69) is 24.2 Å². The van der Waals surface area contributed by atoms with Gasteiger partial charge in [-0.2, -0.15) is 0 Å². The van der Waals surface area contributed by atoms with E-state index in [1.54, 1.807) is 6.07 Å². The van der Waals surface area contributed by atoms with E-state index in [1.165, 1.54) is 18.9 Å². The molecule has 0 amide bonds. The molecule has 4 heteroatoms. The van der Waals surface area contributed by atoms with Crippen LogP contribution in [0.4, 0.5) is 4.39 Å². The third kappa shape index (κ3) is 3.14. The van der Waals surface area contributed by atoms with E-state index in [-0.39, 0.29) is 17.4 Å². The number of rotatable bonds is 5. The molecule has 1 saturated heterocycles. The lowest BCUT2D eigenvalue weighted by atomic mass is 9.88. The van der Waals surface area contributed by atoms with Crippen molar-refractivity contribution in [3.05, 3.63) is 35.6 Å². The largest absolute Gasteiger partial charge is 0.297 e. The Morgan fingerprint density at radius 2 is 1.95 bits per heavy atom. The fourth-order valence-electron chi connectivity index (χ4n) is 2.91. The van der Waals surface area contributed by atoms with Gasteiger partial charge in [-0.3, -0.25) is 16.2 Å². The molecule has 1 atom stereocenters. The van der Waals surface area contributed by atoms with Gasteiger partial charge in [0.1, 0.15) is 5.82 Å². The summed E-state index contributed by atoms with van der Waals surface area (Å²) in [7, 11) is 0. The van der Waals surface area contributed by atoms with Gasteiger partial charge >= 0.3 is 0 Å². The van der Waals surface area contributed by atoms with E-state index < -0.39 is 0 Å². The van der Waals surface area contributed by atoms with Gasteiger partial charge in [0.2, 0.25) is 0 Å². The fraction of sp³-hybridized carbons (Fsp3) is 0.600. The second kappa shape index (κ2) is 5.99. The molecule has 3 N–H and O–H groups in total. The zero-order valence-electron chi connectivity index (χ0n) is 11.8. The van der Waals surface area contributed by atoms with Crippen LogP contribution in [0.3, 0.4) is 0 Å². The molecule has 1 fully saturated rings. The number of hydrazine groups is 1. The highest BCUT2D eigenvalue weighted by Crippen LogP contribution is 2.26. The van der Waals surface area contributed by atoms with Crippen LogP contribution in [0.25, 0.3) is 0 Å².